The third kappa shape index (κ3) is 3.68. The van der Waals surface area contributed by atoms with Gasteiger partial charge in [-0.05, 0) is 38.5 Å². The zero-order valence-corrected chi connectivity index (χ0v) is 13.4. The molecular formula is C16H23FN2O3. The number of hydrogen-bond acceptors (Lipinski definition) is 4. The first kappa shape index (κ1) is 16.5. The molecule has 1 heterocycles. The number of benzene rings is 1. The maximum Gasteiger partial charge on any atom is 0.410 e. The van der Waals surface area contributed by atoms with E-state index in [-0.39, 0.29) is 23.8 Å². The summed E-state index contributed by atoms with van der Waals surface area (Å²) in [6.45, 7) is 6.26. The van der Waals surface area contributed by atoms with Crippen LogP contribution in [-0.2, 0) is 4.74 Å². The summed E-state index contributed by atoms with van der Waals surface area (Å²) in [7, 11) is 1.42. The lowest BCUT2D eigenvalue weighted by Gasteiger charge is -2.24. The van der Waals surface area contributed by atoms with Crippen LogP contribution in [0.15, 0.2) is 18.2 Å². The van der Waals surface area contributed by atoms with Crippen molar-refractivity contribution in [2.45, 2.75) is 38.3 Å². The highest BCUT2D eigenvalue weighted by atomic mass is 19.1. The van der Waals surface area contributed by atoms with Crippen LogP contribution in [0.2, 0.25) is 0 Å². The topological polar surface area (TPSA) is 64.8 Å². The lowest BCUT2D eigenvalue weighted by Crippen LogP contribution is -2.36. The van der Waals surface area contributed by atoms with Crippen LogP contribution in [0, 0.1) is 5.82 Å². The molecule has 1 aliphatic heterocycles. The molecule has 0 bridgehead atoms. The number of halogens is 1. The molecular weight excluding hydrogens is 287 g/mol. The number of nitrogens with zero attached hydrogens (tertiary/aromatic N) is 1. The van der Waals surface area contributed by atoms with E-state index in [9.17, 15) is 9.18 Å². The summed E-state index contributed by atoms with van der Waals surface area (Å²) in [6, 6.07) is 4.53. The first-order chi connectivity index (χ1) is 10.2. The highest BCUT2D eigenvalue weighted by molar-refractivity contribution is 5.69. The van der Waals surface area contributed by atoms with Crippen molar-refractivity contribution >= 4 is 6.09 Å². The third-order valence-corrected chi connectivity index (χ3v) is 3.62. The Kier molecular flexibility index (Phi) is 4.60. The number of likely N-dealkylation sites (tertiary alicyclic amines) is 1. The van der Waals surface area contributed by atoms with Crippen molar-refractivity contribution in [3.63, 3.8) is 0 Å². The standard InChI is InChI=1S/C16H23FN2O3/c1-16(2,3)22-15(20)19-8-11(13(18)9-19)10-5-6-14(21-4)12(17)7-10/h5-7,11,13H,8-9,18H2,1-4H3. The summed E-state index contributed by atoms with van der Waals surface area (Å²) in [5.41, 5.74) is 6.33. The van der Waals surface area contributed by atoms with Gasteiger partial charge in [-0.15, -0.1) is 0 Å². The molecule has 1 amide bonds. The van der Waals surface area contributed by atoms with Gasteiger partial charge in [0.05, 0.1) is 7.11 Å². The van der Waals surface area contributed by atoms with Crippen molar-refractivity contribution in [3.8, 4) is 5.75 Å². The molecule has 0 aromatic heterocycles. The number of ether oxygens (including phenoxy) is 2. The lowest BCUT2D eigenvalue weighted by atomic mass is 9.95. The van der Waals surface area contributed by atoms with E-state index in [1.807, 2.05) is 20.8 Å². The number of hydrogen-bond donors (Lipinski definition) is 1. The zero-order valence-electron chi connectivity index (χ0n) is 13.4. The van der Waals surface area contributed by atoms with Crippen molar-refractivity contribution in [1.82, 2.24) is 4.90 Å². The Balaban J connectivity index is 2.11. The average Bonchev–Trinajstić information content (AvgIpc) is 2.79. The zero-order chi connectivity index (χ0) is 16.5. The molecule has 2 atom stereocenters. The molecule has 2 N–H and O–H groups in total. The Morgan fingerprint density at radius 1 is 1.36 bits per heavy atom. The van der Waals surface area contributed by atoms with Crippen molar-refractivity contribution in [1.29, 1.82) is 0 Å². The lowest BCUT2D eigenvalue weighted by molar-refractivity contribution is 0.0290. The molecule has 1 aromatic carbocycles. The first-order valence-corrected chi connectivity index (χ1v) is 7.28. The maximum atomic E-state index is 13.8. The van der Waals surface area contributed by atoms with Crippen LogP contribution < -0.4 is 10.5 Å². The number of rotatable bonds is 2. The van der Waals surface area contributed by atoms with Crippen LogP contribution >= 0.6 is 0 Å². The number of nitrogens with two attached hydrogens (primary N) is 1. The molecule has 2 unspecified atom stereocenters. The van der Waals surface area contributed by atoms with E-state index in [0.29, 0.717) is 13.1 Å². The molecule has 0 saturated carbocycles. The molecule has 5 nitrogen and oxygen atoms in total. The van der Waals surface area contributed by atoms with Gasteiger partial charge in [-0.25, -0.2) is 9.18 Å². The Morgan fingerprint density at radius 2 is 2.05 bits per heavy atom. The Labute approximate surface area is 130 Å². The summed E-state index contributed by atoms with van der Waals surface area (Å²) in [5, 5.41) is 0. The molecule has 1 aliphatic rings. The third-order valence-electron chi connectivity index (χ3n) is 3.62. The molecule has 2 rings (SSSR count). The van der Waals surface area contributed by atoms with Crippen LogP contribution in [-0.4, -0.2) is 42.8 Å². The maximum absolute atomic E-state index is 13.8. The first-order valence-electron chi connectivity index (χ1n) is 7.28. The second-order valence-electron chi connectivity index (χ2n) is 6.55. The molecule has 122 valence electrons. The fourth-order valence-electron chi connectivity index (χ4n) is 2.57. The van der Waals surface area contributed by atoms with Gasteiger partial charge < -0.3 is 20.1 Å². The molecule has 1 aromatic rings. The van der Waals surface area contributed by atoms with E-state index in [1.165, 1.54) is 13.2 Å². The normalized spacial score (nSPS) is 21.8. The number of carbonyl (C=O) groups excluding carboxylic acids is 1. The predicted molar refractivity (Wildman–Crippen MR) is 81.5 cm³/mol. The summed E-state index contributed by atoms with van der Waals surface area (Å²) < 4.78 is 24.1. The molecule has 0 spiro atoms. The molecule has 22 heavy (non-hydrogen) atoms. The van der Waals surface area contributed by atoms with E-state index in [2.05, 4.69) is 0 Å². The van der Waals surface area contributed by atoms with Gasteiger partial charge >= 0.3 is 6.09 Å². The molecule has 0 radical (unpaired) electrons. The van der Waals surface area contributed by atoms with Crippen molar-refractivity contribution in [3.05, 3.63) is 29.6 Å². The molecule has 0 aliphatic carbocycles. The van der Waals surface area contributed by atoms with Gasteiger partial charge in [0, 0.05) is 25.0 Å². The largest absolute Gasteiger partial charge is 0.494 e. The van der Waals surface area contributed by atoms with E-state index in [1.54, 1.807) is 17.0 Å². The van der Waals surface area contributed by atoms with E-state index in [4.69, 9.17) is 15.2 Å². The van der Waals surface area contributed by atoms with E-state index >= 15 is 0 Å². The second-order valence-corrected chi connectivity index (χ2v) is 6.55. The summed E-state index contributed by atoms with van der Waals surface area (Å²) >= 11 is 0. The summed E-state index contributed by atoms with van der Waals surface area (Å²) in [6.07, 6.45) is -0.389. The number of methoxy groups -OCH3 is 1. The second kappa shape index (κ2) is 6.12. The molecule has 1 fully saturated rings. The van der Waals surface area contributed by atoms with Gasteiger partial charge in [0.2, 0.25) is 0 Å². The minimum absolute atomic E-state index is 0.118. The number of amides is 1. The van der Waals surface area contributed by atoms with Crippen LogP contribution in [0.1, 0.15) is 32.3 Å². The van der Waals surface area contributed by atoms with Crippen molar-refractivity contribution in [2.24, 2.45) is 5.73 Å². The Morgan fingerprint density at radius 3 is 2.59 bits per heavy atom. The van der Waals surface area contributed by atoms with Gasteiger partial charge in [-0.3, -0.25) is 0 Å². The quantitative estimate of drug-likeness (QED) is 0.911. The highest BCUT2D eigenvalue weighted by Crippen LogP contribution is 2.30. The Hall–Kier alpha value is -1.82. The summed E-state index contributed by atoms with van der Waals surface area (Å²) in [5.74, 6) is -0.352. The SMILES string of the molecule is COc1ccc(C2CN(C(=O)OC(C)(C)C)CC2N)cc1F. The van der Waals surface area contributed by atoms with Gasteiger partial charge in [-0.1, -0.05) is 6.07 Å². The molecule has 6 heteroatoms. The van der Waals surface area contributed by atoms with Crippen LogP contribution in [0.3, 0.4) is 0 Å². The average molecular weight is 310 g/mol. The Bertz CT molecular complexity index is 557. The van der Waals surface area contributed by atoms with Crippen LogP contribution in [0.25, 0.3) is 0 Å². The van der Waals surface area contributed by atoms with Crippen LogP contribution in [0.5, 0.6) is 5.75 Å². The van der Waals surface area contributed by atoms with Gasteiger partial charge in [-0.2, -0.15) is 0 Å². The summed E-state index contributed by atoms with van der Waals surface area (Å²) in [4.78, 5) is 13.7. The van der Waals surface area contributed by atoms with Gasteiger partial charge in [0.15, 0.2) is 11.6 Å². The van der Waals surface area contributed by atoms with Gasteiger partial charge in [0.25, 0.3) is 0 Å². The fraction of sp³-hybridized carbons (Fsp3) is 0.562. The smallest absolute Gasteiger partial charge is 0.410 e. The predicted octanol–water partition coefficient (Wildman–Crippen LogP) is 2.50. The number of carbonyl (C=O) groups is 1. The fourth-order valence-corrected chi connectivity index (χ4v) is 2.57. The van der Waals surface area contributed by atoms with Crippen molar-refractivity contribution in [2.75, 3.05) is 20.2 Å². The van der Waals surface area contributed by atoms with E-state index in [0.717, 1.165) is 5.56 Å². The van der Waals surface area contributed by atoms with E-state index < -0.39 is 11.4 Å². The minimum Gasteiger partial charge on any atom is -0.494 e. The molecule has 1 saturated heterocycles. The van der Waals surface area contributed by atoms with Crippen molar-refractivity contribution < 1.29 is 18.7 Å². The van der Waals surface area contributed by atoms with Crippen LogP contribution in [0.4, 0.5) is 9.18 Å². The minimum atomic E-state index is -0.550. The van der Waals surface area contributed by atoms with Gasteiger partial charge in [0.1, 0.15) is 5.60 Å². The monoisotopic (exact) mass is 310 g/mol. The highest BCUT2D eigenvalue weighted by Gasteiger charge is 2.36.